The quantitative estimate of drug-likeness (QED) is 0.598. The van der Waals surface area contributed by atoms with Crippen LogP contribution in [0.5, 0.6) is 0 Å². The summed E-state index contributed by atoms with van der Waals surface area (Å²) < 4.78 is 11.6. The summed E-state index contributed by atoms with van der Waals surface area (Å²) in [5, 5.41) is 13.8. The smallest absolute Gasteiger partial charge is 0.269 e. The molecule has 0 aromatic heterocycles. The number of hydrogen-bond donors (Lipinski definition) is 1. The third-order valence-corrected chi connectivity index (χ3v) is 3.86. The Morgan fingerprint density at radius 3 is 3.00 bits per heavy atom. The average molecular weight is 240 g/mol. The zero-order valence-corrected chi connectivity index (χ0v) is 9.46. The molecule has 5 nitrogen and oxygen atoms in total. The lowest BCUT2D eigenvalue weighted by Gasteiger charge is -2.15. The fraction of sp³-hybridized carbons (Fsp3) is 0.400. The molecule has 1 unspecified atom stereocenters. The summed E-state index contributed by atoms with van der Waals surface area (Å²) in [5.74, 6) is 1.04. The second kappa shape index (κ2) is 4.61. The lowest BCUT2D eigenvalue weighted by atomic mass is 10.1. The summed E-state index contributed by atoms with van der Waals surface area (Å²) in [6.07, 6.45) is 0.864. The van der Waals surface area contributed by atoms with E-state index in [1.165, 1.54) is 12.1 Å². The van der Waals surface area contributed by atoms with Gasteiger partial charge in [0.05, 0.1) is 10.7 Å². The molecule has 1 aromatic rings. The monoisotopic (exact) mass is 240 g/mol. The molecule has 1 aliphatic heterocycles. The van der Waals surface area contributed by atoms with E-state index in [2.05, 4.69) is 5.32 Å². The molecule has 0 fully saturated rings. The molecule has 0 spiro atoms. The Hall–Kier alpha value is -1.43. The first-order chi connectivity index (χ1) is 7.66. The summed E-state index contributed by atoms with van der Waals surface area (Å²) in [5.41, 5.74) is 1.68. The number of nitrogens with zero attached hydrogens (tertiary/aromatic N) is 1. The van der Waals surface area contributed by atoms with Crippen molar-refractivity contribution in [1.29, 1.82) is 0 Å². The summed E-state index contributed by atoms with van der Waals surface area (Å²) in [6.45, 7) is 0.760. The molecule has 2 rings (SSSR count). The highest BCUT2D eigenvalue weighted by Gasteiger charge is 2.14. The van der Waals surface area contributed by atoms with Crippen molar-refractivity contribution in [3.63, 3.8) is 0 Å². The van der Waals surface area contributed by atoms with E-state index in [0.717, 1.165) is 24.2 Å². The van der Waals surface area contributed by atoms with Gasteiger partial charge in [0.25, 0.3) is 5.69 Å². The van der Waals surface area contributed by atoms with Gasteiger partial charge in [-0.25, -0.2) is 0 Å². The fourth-order valence-electron chi connectivity index (χ4n) is 1.69. The summed E-state index contributed by atoms with van der Waals surface area (Å²) in [4.78, 5) is 10.2. The summed E-state index contributed by atoms with van der Waals surface area (Å²) in [6, 6.07) is 4.66. The van der Waals surface area contributed by atoms with Gasteiger partial charge in [-0.15, -0.1) is 0 Å². The number of anilines is 1. The normalized spacial score (nSPS) is 20.1. The van der Waals surface area contributed by atoms with Crippen LogP contribution in [0.15, 0.2) is 18.2 Å². The van der Waals surface area contributed by atoms with E-state index in [0.29, 0.717) is 11.5 Å². The van der Waals surface area contributed by atoms with Crippen molar-refractivity contribution in [2.75, 3.05) is 17.6 Å². The lowest BCUT2D eigenvalue weighted by Crippen LogP contribution is -2.14. The van der Waals surface area contributed by atoms with Crippen molar-refractivity contribution in [3.05, 3.63) is 33.9 Å². The van der Waals surface area contributed by atoms with Crippen LogP contribution >= 0.6 is 0 Å². The van der Waals surface area contributed by atoms with Gasteiger partial charge in [0.1, 0.15) is 0 Å². The Kier molecular flexibility index (Phi) is 3.19. The summed E-state index contributed by atoms with van der Waals surface area (Å²) in [7, 11) is -0.914. The van der Waals surface area contributed by atoms with Crippen molar-refractivity contribution in [1.82, 2.24) is 0 Å². The molecule has 1 N–H and O–H groups in total. The standard InChI is InChI=1S/C10H12N2O3S/c13-12(14)9-2-3-10-8(6-9)7-16(15)5-1-4-11-10/h2-3,6,11H,1,4-5,7H2. The zero-order valence-electron chi connectivity index (χ0n) is 8.64. The number of hydrogen-bond acceptors (Lipinski definition) is 4. The Morgan fingerprint density at radius 2 is 2.25 bits per heavy atom. The molecule has 0 saturated carbocycles. The Bertz CT molecular complexity index is 448. The minimum Gasteiger partial charge on any atom is -0.385 e. The molecule has 1 aromatic carbocycles. The van der Waals surface area contributed by atoms with E-state index in [4.69, 9.17) is 0 Å². The van der Waals surface area contributed by atoms with Gasteiger partial charge in [0.15, 0.2) is 0 Å². The van der Waals surface area contributed by atoms with Crippen molar-refractivity contribution in [3.8, 4) is 0 Å². The van der Waals surface area contributed by atoms with E-state index in [9.17, 15) is 14.3 Å². The van der Waals surface area contributed by atoms with Gasteiger partial charge in [-0.2, -0.15) is 0 Å². The first-order valence-corrected chi connectivity index (χ1v) is 6.52. The van der Waals surface area contributed by atoms with Crippen LogP contribution in [0, 0.1) is 10.1 Å². The maximum atomic E-state index is 11.6. The van der Waals surface area contributed by atoms with E-state index >= 15 is 0 Å². The largest absolute Gasteiger partial charge is 0.385 e. The molecular weight excluding hydrogens is 228 g/mol. The molecule has 0 radical (unpaired) electrons. The number of rotatable bonds is 1. The molecule has 0 amide bonds. The zero-order chi connectivity index (χ0) is 11.5. The van der Waals surface area contributed by atoms with Crippen molar-refractivity contribution in [2.45, 2.75) is 12.2 Å². The molecule has 0 saturated heterocycles. The molecule has 16 heavy (non-hydrogen) atoms. The van der Waals surface area contributed by atoms with Crippen LogP contribution in [0.4, 0.5) is 11.4 Å². The van der Waals surface area contributed by atoms with E-state index in [-0.39, 0.29) is 5.69 Å². The van der Waals surface area contributed by atoms with Crippen LogP contribution in [0.2, 0.25) is 0 Å². The minimum atomic E-state index is -0.914. The van der Waals surface area contributed by atoms with Crippen LogP contribution < -0.4 is 5.32 Å². The fourth-order valence-corrected chi connectivity index (χ4v) is 2.88. The maximum absolute atomic E-state index is 11.6. The predicted octanol–water partition coefficient (Wildman–Crippen LogP) is 1.66. The lowest BCUT2D eigenvalue weighted by molar-refractivity contribution is -0.384. The Balaban J connectivity index is 2.37. The van der Waals surface area contributed by atoms with Gasteiger partial charge in [0, 0.05) is 40.9 Å². The highest BCUT2D eigenvalue weighted by atomic mass is 32.2. The van der Waals surface area contributed by atoms with Crippen LogP contribution in [-0.2, 0) is 16.6 Å². The molecular formula is C10H12N2O3S. The van der Waals surface area contributed by atoms with Crippen LogP contribution in [0.25, 0.3) is 0 Å². The second-order valence-electron chi connectivity index (χ2n) is 3.67. The van der Waals surface area contributed by atoms with Gasteiger partial charge in [-0.3, -0.25) is 14.3 Å². The number of benzene rings is 1. The Labute approximate surface area is 95.5 Å². The third kappa shape index (κ3) is 2.38. The predicted molar refractivity (Wildman–Crippen MR) is 62.9 cm³/mol. The van der Waals surface area contributed by atoms with Crippen LogP contribution in [0.3, 0.4) is 0 Å². The molecule has 1 aliphatic rings. The maximum Gasteiger partial charge on any atom is 0.269 e. The van der Waals surface area contributed by atoms with Crippen LogP contribution in [-0.4, -0.2) is 21.4 Å². The first kappa shape index (κ1) is 11.1. The number of nitro benzene ring substituents is 1. The van der Waals surface area contributed by atoms with Crippen LogP contribution in [0.1, 0.15) is 12.0 Å². The molecule has 1 atom stereocenters. The third-order valence-electron chi connectivity index (χ3n) is 2.48. The van der Waals surface area contributed by atoms with Crippen molar-refractivity contribution >= 4 is 22.2 Å². The SMILES string of the molecule is O=[N+]([O-])c1ccc2c(c1)CS(=O)CCCN2. The molecule has 1 heterocycles. The van der Waals surface area contributed by atoms with Crippen molar-refractivity contribution < 1.29 is 9.13 Å². The molecule has 86 valence electrons. The number of non-ortho nitro benzene ring substituents is 1. The van der Waals surface area contributed by atoms with E-state index in [1.54, 1.807) is 6.07 Å². The highest BCUT2D eigenvalue weighted by molar-refractivity contribution is 7.84. The highest BCUT2D eigenvalue weighted by Crippen LogP contribution is 2.24. The summed E-state index contributed by atoms with van der Waals surface area (Å²) >= 11 is 0. The van der Waals surface area contributed by atoms with E-state index in [1.807, 2.05) is 0 Å². The molecule has 0 aliphatic carbocycles. The van der Waals surface area contributed by atoms with Crippen molar-refractivity contribution in [2.24, 2.45) is 0 Å². The topological polar surface area (TPSA) is 72.2 Å². The molecule has 6 heteroatoms. The average Bonchev–Trinajstić information content (AvgIpc) is 2.22. The van der Waals surface area contributed by atoms with Gasteiger partial charge in [-0.1, -0.05) is 0 Å². The number of nitro groups is 1. The second-order valence-corrected chi connectivity index (χ2v) is 5.24. The van der Waals surface area contributed by atoms with Gasteiger partial charge in [0.2, 0.25) is 0 Å². The molecule has 0 bridgehead atoms. The Morgan fingerprint density at radius 1 is 1.44 bits per heavy atom. The number of nitrogens with one attached hydrogen (secondary N) is 1. The van der Waals surface area contributed by atoms with Gasteiger partial charge in [-0.05, 0) is 18.1 Å². The minimum absolute atomic E-state index is 0.0538. The number of fused-ring (bicyclic) bond motifs is 1. The first-order valence-electron chi connectivity index (χ1n) is 5.03. The van der Waals surface area contributed by atoms with E-state index < -0.39 is 15.7 Å². The van der Waals surface area contributed by atoms with Gasteiger partial charge < -0.3 is 5.32 Å². The van der Waals surface area contributed by atoms with Gasteiger partial charge >= 0.3 is 0 Å².